The molecular weight excluding hydrogens is 513 g/mol. The molecule has 9 heteroatoms. The Bertz CT molecular complexity index is 933. The maximum absolute atomic E-state index is 12.2. The van der Waals surface area contributed by atoms with E-state index in [-0.39, 0.29) is 6.54 Å². The molecule has 166 valence electrons. The second-order valence-electron chi connectivity index (χ2n) is 6.29. The first kappa shape index (κ1) is 24.4. The van der Waals surface area contributed by atoms with Crippen molar-refractivity contribution >= 4 is 40.6 Å². The van der Waals surface area contributed by atoms with Gasteiger partial charge in [0.1, 0.15) is 5.75 Å². The minimum Gasteiger partial charge on any atom is -0.496 e. The number of benzene rings is 2. The van der Waals surface area contributed by atoms with Crippen LogP contribution >= 0.6 is 22.6 Å². The van der Waals surface area contributed by atoms with Crippen LogP contribution in [0.3, 0.4) is 0 Å². The molecule has 0 fully saturated rings. The smallest absolute Gasteiger partial charge is 0.259 e. The molecule has 0 aliphatic rings. The minimum atomic E-state index is -0.456. The maximum Gasteiger partial charge on any atom is 0.259 e. The number of amides is 2. The predicted octanol–water partition coefficient (Wildman–Crippen LogP) is 3.37. The molecule has 0 aliphatic heterocycles. The van der Waals surface area contributed by atoms with E-state index in [0.717, 1.165) is 15.6 Å². The first-order chi connectivity index (χ1) is 15.0. The van der Waals surface area contributed by atoms with E-state index in [1.807, 2.05) is 19.9 Å². The molecule has 2 amide bonds. The van der Waals surface area contributed by atoms with Crippen LogP contribution in [0.15, 0.2) is 41.5 Å². The van der Waals surface area contributed by atoms with Gasteiger partial charge in [-0.05, 0) is 65.8 Å². The fraction of sp³-hybridized carbons (Fsp3) is 0.318. The van der Waals surface area contributed by atoms with Crippen LogP contribution in [0.5, 0.6) is 17.2 Å². The maximum atomic E-state index is 12.2. The fourth-order valence-corrected chi connectivity index (χ4v) is 3.36. The van der Waals surface area contributed by atoms with E-state index in [1.54, 1.807) is 30.3 Å². The highest BCUT2D eigenvalue weighted by molar-refractivity contribution is 14.1. The van der Waals surface area contributed by atoms with Crippen LogP contribution in [-0.2, 0) is 4.79 Å². The van der Waals surface area contributed by atoms with Gasteiger partial charge in [-0.2, -0.15) is 5.10 Å². The van der Waals surface area contributed by atoms with Gasteiger partial charge in [-0.3, -0.25) is 9.59 Å². The zero-order valence-corrected chi connectivity index (χ0v) is 19.9. The highest BCUT2D eigenvalue weighted by Crippen LogP contribution is 2.34. The number of halogens is 1. The fourth-order valence-electron chi connectivity index (χ4n) is 2.58. The van der Waals surface area contributed by atoms with Gasteiger partial charge in [0, 0.05) is 0 Å². The molecule has 0 atom stereocenters. The summed E-state index contributed by atoms with van der Waals surface area (Å²) in [4.78, 5) is 24.2. The standard InChI is InChI=1S/C22H26IN3O5/c1-4-10-31-21-17(23)11-15(12-19(21)30-5-2)13-25-26-20(27)14-24-22(28)16-8-6-7-9-18(16)29-3/h6-9,11-13H,4-5,10,14H2,1-3H3,(H,24,28)(H,26,27). The van der Waals surface area contributed by atoms with E-state index >= 15 is 0 Å². The van der Waals surface area contributed by atoms with Crippen LogP contribution < -0.4 is 25.0 Å². The summed E-state index contributed by atoms with van der Waals surface area (Å²) in [6, 6.07) is 10.5. The Morgan fingerprint density at radius 2 is 1.90 bits per heavy atom. The second-order valence-corrected chi connectivity index (χ2v) is 7.45. The van der Waals surface area contributed by atoms with Gasteiger partial charge in [0.15, 0.2) is 11.5 Å². The third-order valence-electron chi connectivity index (χ3n) is 3.95. The monoisotopic (exact) mass is 539 g/mol. The highest BCUT2D eigenvalue weighted by Gasteiger charge is 2.13. The Morgan fingerprint density at radius 1 is 1.13 bits per heavy atom. The van der Waals surface area contributed by atoms with Crippen molar-refractivity contribution in [2.24, 2.45) is 5.10 Å². The zero-order valence-electron chi connectivity index (χ0n) is 17.7. The first-order valence-electron chi connectivity index (χ1n) is 9.82. The third kappa shape index (κ3) is 7.42. The molecule has 0 bridgehead atoms. The number of nitrogens with zero attached hydrogens (tertiary/aromatic N) is 1. The third-order valence-corrected chi connectivity index (χ3v) is 4.75. The number of rotatable bonds is 11. The largest absolute Gasteiger partial charge is 0.496 e. The summed E-state index contributed by atoms with van der Waals surface area (Å²) in [6.45, 7) is 4.81. The lowest BCUT2D eigenvalue weighted by molar-refractivity contribution is -0.120. The molecule has 2 aromatic rings. The van der Waals surface area contributed by atoms with Crippen LogP contribution in [0, 0.1) is 3.57 Å². The quantitative estimate of drug-likeness (QED) is 0.259. The van der Waals surface area contributed by atoms with Crippen molar-refractivity contribution in [1.82, 2.24) is 10.7 Å². The van der Waals surface area contributed by atoms with E-state index in [4.69, 9.17) is 14.2 Å². The lowest BCUT2D eigenvalue weighted by Gasteiger charge is -2.14. The van der Waals surface area contributed by atoms with Crippen LogP contribution in [-0.4, -0.2) is 44.9 Å². The number of nitrogens with one attached hydrogen (secondary N) is 2. The number of hydrazone groups is 1. The molecule has 0 saturated heterocycles. The molecule has 0 radical (unpaired) electrons. The summed E-state index contributed by atoms with van der Waals surface area (Å²) < 4.78 is 17.5. The lowest BCUT2D eigenvalue weighted by atomic mass is 10.2. The van der Waals surface area contributed by atoms with Crippen LogP contribution in [0.25, 0.3) is 0 Å². The Hall–Kier alpha value is -2.82. The molecular formula is C22H26IN3O5. The molecule has 2 rings (SSSR count). The van der Waals surface area contributed by atoms with E-state index in [9.17, 15) is 9.59 Å². The molecule has 0 saturated carbocycles. The van der Waals surface area contributed by atoms with Gasteiger partial charge in [-0.25, -0.2) is 5.43 Å². The molecule has 8 nitrogen and oxygen atoms in total. The zero-order chi connectivity index (χ0) is 22.6. The van der Waals surface area contributed by atoms with Gasteiger partial charge < -0.3 is 19.5 Å². The topological polar surface area (TPSA) is 98.2 Å². The Labute approximate surface area is 195 Å². The average Bonchev–Trinajstić information content (AvgIpc) is 2.77. The summed E-state index contributed by atoms with van der Waals surface area (Å²) in [5.41, 5.74) is 3.49. The number of carbonyl (C=O) groups is 2. The number of carbonyl (C=O) groups excluding carboxylic acids is 2. The molecule has 0 spiro atoms. The number of ether oxygens (including phenoxy) is 3. The number of para-hydroxylation sites is 1. The summed E-state index contributed by atoms with van der Waals surface area (Å²) >= 11 is 2.18. The number of methoxy groups -OCH3 is 1. The molecule has 0 heterocycles. The first-order valence-corrected chi connectivity index (χ1v) is 10.9. The van der Waals surface area contributed by atoms with Gasteiger partial charge in [0.05, 0.1) is 42.2 Å². The number of hydrogen-bond acceptors (Lipinski definition) is 6. The van der Waals surface area contributed by atoms with Crippen molar-refractivity contribution in [2.75, 3.05) is 26.9 Å². The van der Waals surface area contributed by atoms with Gasteiger partial charge >= 0.3 is 0 Å². The van der Waals surface area contributed by atoms with Crippen LogP contribution in [0.1, 0.15) is 36.2 Å². The predicted molar refractivity (Wildman–Crippen MR) is 127 cm³/mol. The summed E-state index contributed by atoms with van der Waals surface area (Å²) in [5.74, 6) is 0.894. The van der Waals surface area contributed by atoms with Gasteiger partial charge in [-0.1, -0.05) is 19.1 Å². The van der Waals surface area contributed by atoms with Crippen molar-refractivity contribution in [3.63, 3.8) is 0 Å². The molecule has 0 aliphatic carbocycles. The van der Waals surface area contributed by atoms with E-state index in [0.29, 0.717) is 36.0 Å². The van der Waals surface area contributed by atoms with Crippen molar-refractivity contribution in [3.8, 4) is 17.2 Å². The Kier molecular flexibility index (Phi) is 10.1. The summed E-state index contributed by atoms with van der Waals surface area (Å²) in [7, 11) is 1.48. The summed E-state index contributed by atoms with van der Waals surface area (Å²) in [5, 5.41) is 6.50. The van der Waals surface area contributed by atoms with E-state index in [2.05, 4.69) is 38.4 Å². The van der Waals surface area contributed by atoms with Crippen molar-refractivity contribution in [3.05, 3.63) is 51.1 Å². The molecule has 0 aromatic heterocycles. The van der Waals surface area contributed by atoms with Gasteiger partial charge in [0.2, 0.25) is 0 Å². The second kappa shape index (κ2) is 12.8. The average molecular weight is 539 g/mol. The van der Waals surface area contributed by atoms with Crippen molar-refractivity contribution in [2.45, 2.75) is 20.3 Å². The van der Waals surface area contributed by atoms with Crippen molar-refractivity contribution in [1.29, 1.82) is 0 Å². The SMILES string of the molecule is CCCOc1c(I)cc(C=NNC(=O)CNC(=O)c2ccccc2OC)cc1OCC. The van der Waals surface area contributed by atoms with Crippen LogP contribution in [0.4, 0.5) is 0 Å². The minimum absolute atomic E-state index is 0.222. The van der Waals surface area contributed by atoms with E-state index in [1.165, 1.54) is 13.3 Å². The van der Waals surface area contributed by atoms with E-state index < -0.39 is 11.8 Å². The normalized spacial score (nSPS) is 10.6. The molecule has 31 heavy (non-hydrogen) atoms. The lowest BCUT2D eigenvalue weighted by Crippen LogP contribution is -2.35. The Balaban J connectivity index is 1.95. The molecule has 2 N–H and O–H groups in total. The molecule has 2 aromatic carbocycles. The molecule has 0 unspecified atom stereocenters. The van der Waals surface area contributed by atoms with Crippen LogP contribution in [0.2, 0.25) is 0 Å². The number of hydrogen-bond donors (Lipinski definition) is 2. The summed E-state index contributed by atoms with van der Waals surface area (Å²) in [6.07, 6.45) is 2.40. The van der Waals surface area contributed by atoms with Gasteiger partial charge in [-0.15, -0.1) is 0 Å². The van der Waals surface area contributed by atoms with Gasteiger partial charge in [0.25, 0.3) is 11.8 Å². The Morgan fingerprint density at radius 3 is 2.61 bits per heavy atom. The highest BCUT2D eigenvalue weighted by atomic mass is 127. The van der Waals surface area contributed by atoms with Crippen molar-refractivity contribution < 1.29 is 23.8 Å².